The molecule has 2 unspecified atom stereocenters. The number of aryl methyl sites for hydroxylation is 1. The molecule has 3 heteroatoms. The summed E-state index contributed by atoms with van der Waals surface area (Å²) in [5.41, 5.74) is 2.19. The largest absolute Gasteiger partial charge is 0.328 e. The van der Waals surface area contributed by atoms with E-state index < -0.39 is 0 Å². The average Bonchev–Trinajstić information content (AvgIpc) is 2.47. The molecule has 3 nitrogen and oxygen atoms in total. The number of benzene rings is 1. The van der Waals surface area contributed by atoms with Crippen LogP contribution >= 0.6 is 0 Å². The highest BCUT2D eigenvalue weighted by Crippen LogP contribution is 2.26. The summed E-state index contributed by atoms with van der Waals surface area (Å²) in [5.74, 6) is 0.875. The predicted molar refractivity (Wildman–Crippen MR) is 83.9 cm³/mol. The van der Waals surface area contributed by atoms with Crippen molar-refractivity contribution < 1.29 is 4.79 Å². The fraction of sp³-hybridized carbons (Fsp3) is 0.588. The monoisotopic (exact) mass is 274 g/mol. The fourth-order valence-corrected chi connectivity index (χ4v) is 3.26. The lowest BCUT2D eigenvalue weighted by Crippen LogP contribution is -2.40. The number of nitrogens with zero attached hydrogens (tertiary/aromatic N) is 1. The van der Waals surface area contributed by atoms with E-state index in [1.165, 1.54) is 37.8 Å². The van der Waals surface area contributed by atoms with E-state index in [0.29, 0.717) is 6.04 Å². The van der Waals surface area contributed by atoms with Crippen LogP contribution < -0.4 is 5.32 Å². The van der Waals surface area contributed by atoms with Crippen LogP contribution in [0.25, 0.3) is 0 Å². The smallest absolute Gasteiger partial charge is 0.211 e. The van der Waals surface area contributed by atoms with Crippen molar-refractivity contribution in [1.82, 2.24) is 4.90 Å². The Morgan fingerprint density at radius 1 is 1.35 bits per heavy atom. The third-order valence-electron chi connectivity index (χ3n) is 4.63. The molecule has 20 heavy (non-hydrogen) atoms. The van der Waals surface area contributed by atoms with Gasteiger partial charge >= 0.3 is 0 Å². The quantitative estimate of drug-likeness (QED) is 0.807. The number of carbonyl (C=O) groups is 1. The lowest BCUT2D eigenvalue weighted by atomic mass is 9.88. The number of anilines is 1. The minimum atomic E-state index is 0.682. The van der Waals surface area contributed by atoms with E-state index in [0.717, 1.165) is 24.4 Å². The first kappa shape index (κ1) is 15.0. The number of nitrogens with one attached hydrogen (secondary N) is 1. The van der Waals surface area contributed by atoms with Gasteiger partial charge in [0.2, 0.25) is 6.41 Å². The van der Waals surface area contributed by atoms with Gasteiger partial charge in [-0.3, -0.25) is 4.79 Å². The molecule has 0 spiro atoms. The van der Waals surface area contributed by atoms with Crippen LogP contribution in [-0.2, 0) is 11.2 Å². The normalized spacial score (nSPS) is 23.5. The summed E-state index contributed by atoms with van der Waals surface area (Å²) in [5, 5.41) is 2.80. The molecule has 1 fully saturated rings. The van der Waals surface area contributed by atoms with Crippen molar-refractivity contribution in [2.24, 2.45) is 5.92 Å². The molecule has 2 rings (SSSR count). The van der Waals surface area contributed by atoms with E-state index in [4.69, 9.17) is 0 Å². The van der Waals surface area contributed by atoms with Crippen LogP contribution in [0.2, 0.25) is 0 Å². The first-order valence-electron chi connectivity index (χ1n) is 7.73. The van der Waals surface area contributed by atoms with E-state index in [1.54, 1.807) is 0 Å². The summed E-state index contributed by atoms with van der Waals surface area (Å²) in [7, 11) is 2.25. The lowest BCUT2D eigenvalue weighted by Gasteiger charge is -2.37. The number of rotatable bonds is 6. The number of carbonyl (C=O) groups excluding carboxylic acids is 1. The van der Waals surface area contributed by atoms with Gasteiger partial charge in [0.05, 0.1) is 0 Å². The third-order valence-corrected chi connectivity index (χ3v) is 4.63. The SMILES string of the molecule is CCC1CCC(CCc2ccccc2NC=O)N(C)C1. The second kappa shape index (κ2) is 7.44. The maximum atomic E-state index is 10.6. The highest BCUT2D eigenvalue weighted by Gasteiger charge is 2.24. The van der Waals surface area contributed by atoms with E-state index >= 15 is 0 Å². The molecule has 1 amide bonds. The Hall–Kier alpha value is -1.35. The van der Waals surface area contributed by atoms with Crippen LogP contribution in [-0.4, -0.2) is 30.9 Å². The molecule has 0 aliphatic carbocycles. The maximum Gasteiger partial charge on any atom is 0.211 e. The topological polar surface area (TPSA) is 32.3 Å². The molecule has 1 saturated heterocycles. The van der Waals surface area contributed by atoms with Crippen molar-refractivity contribution in [1.29, 1.82) is 0 Å². The standard InChI is InChI=1S/C17H26N2O/c1-3-14-8-10-16(19(2)12-14)11-9-15-6-4-5-7-17(15)18-13-20/h4-7,13-14,16H,3,8-12H2,1-2H3,(H,18,20). The van der Waals surface area contributed by atoms with Gasteiger partial charge in [-0.15, -0.1) is 0 Å². The Morgan fingerprint density at radius 2 is 2.15 bits per heavy atom. The lowest BCUT2D eigenvalue weighted by molar-refractivity contribution is -0.105. The van der Waals surface area contributed by atoms with Gasteiger partial charge in [0, 0.05) is 18.3 Å². The van der Waals surface area contributed by atoms with Crippen molar-refractivity contribution >= 4 is 12.1 Å². The minimum Gasteiger partial charge on any atom is -0.328 e. The first-order chi connectivity index (χ1) is 9.74. The van der Waals surface area contributed by atoms with Crippen LogP contribution in [0.3, 0.4) is 0 Å². The second-order valence-corrected chi connectivity index (χ2v) is 5.90. The highest BCUT2D eigenvalue weighted by atomic mass is 16.1. The molecule has 1 aromatic rings. The summed E-state index contributed by atoms with van der Waals surface area (Å²) in [6.07, 6.45) is 6.92. The Morgan fingerprint density at radius 3 is 2.85 bits per heavy atom. The molecule has 1 aliphatic rings. The van der Waals surface area contributed by atoms with Crippen molar-refractivity contribution in [3.05, 3.63) is 29.8 Å². The van der Waals surface area contributed by atoms with Gasteiger partial charge < -0.3 is 10.2 Å². The zero-order chi connectivity index (χ0) is 14.4. The summed E-state index contributed by atoms with van der Waals surface area (Å²) in [6.45, 7) is 3.52. The number of para-hydroxylation sites is 1. The van der Waals surface area contributed by atoms with E-state index in [9.17, 15) is 4.79 Å². The molecule has 0 aromatic heterocycles. The molecule has 1 aromatic carbocycles. The molecule has 110 valence electrons. The number of likely N-dealkylation sites (tertiary alicyclic amines) is 1. The predicted octanol–water partition coefficient (Wildman–Crippen LogP) is 3.31. The molecule has 2 atom stereocenters. The minimum absolute atomic E-state index is 0.682. The molecular formula is C17H26N2O. The molecule has 0 bridgehead atoms. The summed E-state index contributed by atoms with van der Waals surface area (Å²) in [6, 6.07) is 8.78. The van der Waals surface area contributed by atoms with Crippen LogP contribution in [0.4, 0.5) is 5.69 Å². The van der Waals surface area contributed by atoms with Gasteiger partial charge in [-0.25, -0.2) is 0 Å². The zero-order valence-corrected chi connectivity index (χ0v) is 12.6. The van der Waals surface area contributed by atoms with Gasteiger partial charge in [0.1, 0.15) is 0 Å². The zero-order valence-electron chi connectivity index (χ0n) is 12.6. The van der Waals surface area contributed by atoms with Gasteiger partial charge in [-0.05, 0) is 50.3 Å². The Labute approximate surface area is 122 Å². The summed E-state index contributed by atoms with van der Waals surface area (Å²) >= 11 is 0. The Kier molecular flexibility index (Phi) is 5.60. The fourth-order valence-electron chi connectivity index (χ4n) is 3.26. The highest BCUT2D eigenvalue weighted by molar-refractivity contribution is 5.73. The van der Waals surface area contributed by atoms with Crippen molar-refractivity contribution in [3.63, 3.8) is 0 Å². The third kappa shape index (κ3) is 3.83. The Bertz CT molecular complexity index is 433. The van der Waals surface area contributed by atoms with Gasteiger partial charge in [-0.1, -0.05) is 31.5 Å². The van der Waals surface area contributed by atoms with Gasteiger partial charge in [0.15, 0.2) is 0 Å². The molecule has 1 N–H and O–H groups in total. The summed E-state index contributed by atoms with van der Waals surface area (Å²) in [4.78, 5) is 13.2. The number of piperidine rings is 1. The number of hydrogen-bond donors (Lipinski definition) is 1. The number of hydrogen-bond acceptors (Lipinski definition) is 2. The average molecular weight is 274 g/mol. The van der Waals surface area contributed by atoms with Crippen molar-refractivity contribution in [2.45, 2.75) is 45.1 Å². The van der Waals surface area contributed by atoms with E-state index in [1.807, 2.05) is 18.2 Å². The first-order valence-corrected chi connectivity index (χ1v) is 7.73. The van der Waals surface area contributed by atoms with Gasteiger partial charge in [0.25, 0.3) is 0 Å². The van der Waals surface area contributed by atoms with Crippen LogP contribution in [0.1, 0.15) is 38.2 Å². The summed E-state index contributed by atoms with van der Waals surface area (Å²) < 4.78 is 0. The number of amides is 1. The second-order valence-electron chi connectivity index (χ2n) is 5.90. The molecule has 1 aliphatic heterocycles. The van der Waals surface area contributed by atoms with Crippen molar-refractivity contribution in [2.75, 3.05) is 18.9 Å². The van der Waals surface area contributed by atoms with Crippen LogP contribution in [0, 0.1) is 5.92 Å². The molecular weight excluding hydrogens is 248 g/mol. The van der Waals surface area contributed by atoms with Crippen molar-refractivity contribution in [3.8, 4) is 0 Å². The molecule has 1 heterocycles. The molecule has 0 radical (unpaired) electrons. The molecule has 0 saturated carbocycles. The van der Waals surface area contributed by atoms with Crippen LogP contribution in [0.5, 0.6) is 0 Å². The van der Waals surface area contributed by atoms with Crippen LogP contribution in [0.15, 0.2) is 24.3 Å². The Balaban J connectivity index is 1.90. The van der Waals surface area contributed by atoms with Gasteiger partial charge in [-0.2, -0.15) is 0 Å². The maximum absolute atomic E-state index is 10.6. The van der Waals surface area contributed by atoms with E-state index in [2.05, 4.69) is 30.3 Å². The van der Waals surface area contributed by atoms with E-state index in [-0.39, 0.29) is 0 Å².